The third-order valence-electron chi connectivity index (χ3n) is 5.31. The molecule has 1 aromatic heterocycles. The molecule has 1 amide bonds. The van der Waals surface area contributed by atoms with E-state index < -0.39 is 0 Å². The molecule has 0 aliphatic heterocycles. The van der Waals surface area contributed by atoms with Gasteiger partial charge in [0.1, 0.15) is 11.4 Å². The number of aromatic nitrogens is 1. The molecule has 1 heterocycles. The van der Waals surface area contributed by atoms with E-state index in [1.807, 2.05) is 12.2 Å². The number of aromatic hydroxyl groups is 1. The second-order valence-corrected chi connectivity index (χ2v) is 7.20. The van der Waals surface area contributed by atoms with Gasteiger partial charge in [0.25, 0.3) is 5.91 Å². The van der Waals surface area contributed by atoms with Gasteiger partial charge in [-0.1, -0.05) is 32.1 Å². The molecule has 6 heteroatoms. The number of pyridine rings is 1. The van der Waals surface area contributed by atoms with Crippen molar-refractivity contribution < 1.29 is 20.1 Å². The number of amides is 1. The number of allylic oxidation sites excluding steroid dienone is 4. The Morgan fingerprint density at radius 3 is 2.48 bits per heavy atom. The second-order valence-electron chi connectivity index (χ2n) is 7.20. The van der Waals surface area contributed by atoms with Gasteiger partial charge in [-0.2, -0.15) is 0 Å². The zero-order valence-corrected chi connectivity index (χ0v) is 16.6. The monoisotopic (exact) mass is 394 g/mol. The van der Waals surface area contributed by atoms with Crippen LogP contribution in [0.25, 0.3) is 11.3 Å². The molecular formula is C23H26N2O4. The van der Waals surface area contributed by atoms with E-state index in [4.69, 9.17) is 0 Å². The van der Waals surface area contributed by atoms with E-state index >= 15 is 0 Å². The van der Waals surface area contributed by atoms with Gasteiger partial charge in [-0.3, -0.25) is 4.79 Å². The highest BCUT2D eigenvalue weighted by Crippen LogP contribution is 2.30. The minimum atomic E-state index is -0.370. The Kier molecular flexibility index (Phi) is 6.46. The van der Waals surface area contributed by atoms with Gasteiger partial charge in [-0.15, -0.1) is 0 Å². The number of aliphatic hydroxyl groups is 2. The normalized spacial score (nSPS) is 18.4. The Labute approximate surface area is 170 Å². The number of nitrogens with zero attached hydrogens (tertiary/aromatic N) is 1. The molecule has 4 N–H and O–H groups in total. The molecule has 2 unspecified atom stereocenters. The molecule has 0 saturated heterocycles. The van der Waals surface area contributed by atoms with Gasteiger partial charge in [0.15, 0.2) is 0 Å². The summed E-state index contributed by atoms with van der Waals surface area (Å²) in [7, 11) is 0. The third-order valence-corrected chi connectivity index (χ3v) is 5.31. The number of rotatable bonds is 6. The lowest BCUT2D eigenvalue weighted by Gasteiger charge is -2.26. The maximum absolute atomic E-state index is 12.8. The van der Waals surface area contributed by atoms with E-state index in [0.717, 1.165) is 12.1 Å². The third kappa shape index (κ3) is 4.39. The number of hydrogen-bond acceptors (Lipinski definition) is 5. The zero-order valence-electron chi connectivity index (χ0n) is 16.6. The lowest BCUT2D eigenvalue weighted by molar-refractivity contribution is 0.0955. The minimum Gasteiger partial charge on any atom is -0.507 e. The fourth-order valence-corrected chi connectivity index (χ4v) is 3.67. The Morgan fingerprint density at radius 2 is 1.86 bits per heavy atom. The summed E-state index contributed by atoms with van der Waals surface area (Å²) in [6.45, 7) is 3.49. The van der Waals surface area contributed by atoms with Crippen LogP contribution in [-0.2, 0) is 13.2 Å². The molecule has 0 fully saturated rings. The van der Waals surface area contributed by atoms with Crippen LogP contribution in [0.15, 0.2) is 54.3 Å². The number of phenols is 1. The van der Waals surface area contributed by atoms with Crippen LogP contribution in [0.5, 0.6) is 5.75 Å². The molecule has 1 aliphatic carbocycles. The lowest BCUT2D eigenvalue weighted by Crippen LogP contribution is -2.31. The Hall–Kier alpha value is -2.96. The average molecular weight is 394 g/mol. The summed E-state index contributed by atoms with van der Waals surface area (Å²) in [6, 6.07) is 8.31. The van der Waals surface area contributed by atoms with Crippen molar-refractivity contribution in [2.45, 2.75) is 33.5 Å². The predicted molar refractivity (Wildman–Crippen MR) is 111 cm³/mol. The van der Waals surface area contributed by atoms with Crippen molar-refractivity contribution in [3.63, 3.8) is 0 Å². The van der Waals surface area contributed by atoms with Crippen LogP contribution in [0.3, 0.4) is 0 Å². The van der Waals surface area contributed by atoms with Crippen LogP contribution in [0.2, 0.25) is 0 Å². The molecule has 0 spiro atoms. The average Bonchev–Trinajstić information content (AvgIpc) is 2.74. The molecule has 0 radical (unpaired) electrons. The highest BCUT2D eigenvalue weighted by Gasteiger charge is 2.22. The van der Waals surface area contributed by atoms with Crippen molar-refractivity contribution in [3.8, 4) is 17.0 Å². The first-order chi connectivity index (χ1) is 14.0. The topological polar surface area (TPSA) is 103 Å². The van der Waals surface area contributed by atoms with Gasteiger partial charge >= 0.3 is 0 Å². The summed E-state index contributed by atoms with van der Waals surface area (Å²) in [4.78, 5) is 17.3. The van der Waals surface area contributed by atoms with Crippen LogP contribution >= 0.6 is 0 Å². The summed E-state index contributed by atoms with van der Waals surface area (Å²) in [5.41, 5.74) is 2.86. The minimum absolute atomic E-state index is 0.135. The number of nitrogens with one attached hydrogen (secondary N) is 1. The van der Waals surface area contributed by atoms with Crippen LogP contribution in [-0.4, -0.2) is 26.2 Å². The maximum atomic E-state index is 12.8. The van der Waals surface area contributed by atoms with E-state index in [1.165, 1.54) is 0 Å². The summed E-state index contributed by atoms with van der Waals surface area (Å²) < 4.78 is 0. The fraction of sp³-hybridized carbons (Fsp3) is 0.304. The summed E-state index contributed by atoms with van der Waals surface area (Å²) in [5.74, 6) is 0.182. The second kappa shape index (κ2) is 9.03. The Balaban J connectivity index is 1.89. The zero-order chi connectivity index (χ0) is 21.0. The predicted octanol–water partition coefficient (Wildman–Crippen LogP) is 3.28. The SMILES string of the molecule is CCC1C(NC(=O)c2cccc(-c3cc(CO)c(O)c(CO)c3)n2)=CC=CC1C. The quantitative estimate of drug-likeness (QED) is 0.602. The molecule has 152 valence electrons. The lowest BCUT2D eigenvalue weighted by atomic mass is 9.85. The van der Waals surface area contributed by atoms with Crippen molar-refractivity contribution in [2.75, 3.05) is 0 Å². The fourth-order valence-electron chi connectivity index (χ4n) is 3.67. The van der Waals surface area contributed by atoms with E-state index in [-0.39, 0.29) is 36.5 Å². The Bertz CT molecular complexity index is 940. The standard InChI is InChI=1S/C23H26N2O4/c1-3-18-14(2)6-4-8-20(18)25-23(29)21-9-5-7-19(24-21)15-10-16(12-26)22(28)17(11-15)13-27/h4-11,14,18,26-28H,3,12-13H2,1-2H3,(H,25,29). The Morgan fingerprint density at radius 1 is 1.17 bits per heavy atom. The molecule has 1 aliphatic rings. The molecule has 0 bridgehead atoms. The molecule has 1 aromatic carbocycles. The van der Waals surface area contributed by atoms with E-state index in [2.05, 4.69) is 30.2 Å². The first kappa shape index (κ1) is 20.8. The largest absolute Gasteiger partial charge is 0.507 e. The highest BCUT2D eigenvalue weighted by molar-refractivity contribution is 5.94. The number of carbonyl (C=O) groups excluding carboxylic acids is 1. The molecule has 2 aromatic rings. The van der Waals surface area contributed by atoms with Gasteiger partial charge in [-0.25, -0.2) is 4.98 Å². The van der Waals surface area contributed by atoms with E-state index in [0.29, 0.717) is 28.3 Å². The van der Waals surface area contributed by atoms with Crippen LogP contribution in [0.1, 0.15) is 41.9 Å². The number of aliphatic hydroxyl groups excluding tert-OH is 2. The molecular weight excluding hydrogens is 368 g/mol. The smallest absolute Gasteiger partial charge is 0.274 e. The van der Waals surface area contributed by atoms with Crippen molar-refractivity contribution >= 4 is 5.91 Å². The van der Waals surface area contributed by atoms with Crippen molar-refractivity contribution in [2.24, 2.45) is 11.8 Å². The first-order valence-corrected chi connectivity index (χ1v) is 9.72. The van der Waals surface area contributed by atoms with Crippen molar-refractivity contribution in [3.05, 3.63) is 71.1 Å². The van der Waals surface area contributed by atoms with Gasteiger partial charge < -0.3 is 20.6 Å². The maximum Gasteiger partial charge on any atom is 0.274 e. The summed E-state index contributed by atoms with van der Waals surface area (Å²) in [5, 5.41) is 32.0. The molecule has 6 nitrogen and oxygen atoms in total. The first-order valence-electron chi connectivity index (χ1n) is 9.72. The van der Waals surface area contributed by atoms with Gasteiger partial charge in [0.05, 0.1) is 18.9 Å². The molecule has 2 atom stereocenters. The van der Waals surface area contributed by atoms with E-state index in [1.54, 1.807) is 30.3 Å². The van der Waals surface area contributed by atoms with Gasteiger partial charge in [0.2, 0.25) is 0 Å². The number of carbonyl (C=O) groups is 1. The number of benzene rings is 1. The highest BCUT2D eigenvalue weighted by atomic mass is 16.3. The molecule has 0 saturated carbocycles. The van der Waals surface area contributed by atoms with Crippen LogP contribution in [0.4, 0.5) is 0 Å². The van der Waals surface area contributed by atoms with Crippen molar-refractivity contribution in [1.29, 1.82) is 0 Å². The van der Waals surface area contributed by atoms with Gasteiger partial charge in [-0.05, 0) is 42.7 Å². The van der Waals surface area contributed by atoms with Crippen LogP contribution < -0.4 is 5.32 Å². The molecule has 29 heavy (non-hydrogen) atoms. The van der Waals surface area contributed by atoms with Crippen molar-refractivity contribution in [1.82, 2.24) is 10.3 Å². The summed E-state index contributed by atoms with van der Waals surface area (Å²) >= 11 is 0. The van der Waals surface area contributed by atoms with Gasteiger partial charge in [0, 0.05) is 28.3 Å². The number of hydrogen-bond donors (Lipinski definition) is 4. The van der Waals surface area contributed by atoms with Crippen LogP contribution in [0, 0.1) is 11.8 Å². The molecule has 3 rings (SSSR count). The van der Waals surface area contributed by atoms with E-state index in [9.17, 15) is 20.1 Å². The summed E-state index contributed by atoms with van der Waals surface area (Å²) in [6.07, 6.45) is 6.94.